The molecule has 1 saturated carbocycles. The SMILES string of the molecule is COc1cc(OC)c(NC(=O)C2(CN)CC2)cc1Cl. The Morgan fingerprint density at radius 1 is 1.37 bits per heavy atom. The van der Waals surface area contributed by atoms with E-state index < -0.39 is 5.41 Å². The van der Waals surface area contributed by atoms with Crippen LogP contribution < -0.4 is 20.5 Å². The van der Waals surface area contributed by atoms with E-state index in [4.69, 9.17) is 26.8 Å². The van der Waals surface area contributed by atoms with Crippen molar-refractivity contribution in [2.24, 2.45) is 11.1 Å². The molecule has 5 nitrogen and oxygen atoms in total. The number of hydrogen-bond donors (Lipinski definition) is 2. The minimum absolute atomic E-state index is 0.0884. The highest BCUT2D eigenvalue weighted by Crippen LogP contribution is 2.46. The summed E-state index contributed by atoms with van der Waals surface area (Å²) in [5.41, 5.74) is 5.74. The summed E-state index contributed by atoms with van der Waals surface area (Å²) in [7, 11) is 3.04. The molecule has 0 bridgehead atoms. The van der Waals surface area contributed by atoms with Crippen LogP contribution in [0.5, 0.6) is 11.5 Å². The summed E-state index contributed by atoms with van der Waals surface area (Å²) in [5.74, 6) is 0.911. The van der Waals surface area contributed by atoms with Crippen molar-refractivity contribution in [1.29, 1.82) is 0 Å². The molecule has 104 valence electrons. The molecule has 1 fully saturated rings. The molecule has 19 heavy (non-hydrogen) atoms. The van der Waals surface area contributed by atoms with Gasteiger partial charge in [-0.1, -0.05) is 11.6 Å². The van der Waals surface area contributed by atoms with Gasteiger partial charge in [0, 0.05) is 12.6 Å². The maximum absolute atomic E-state index is 12.1. The third-order valence-corrected chi connectivity index (χ3v) is 3.74. The quantitative estimate of drug-likeness (QED) is 0.868. The molecule has 0 unspecified atom stereocenters. The minimum Gasteiger partial charge on any atom is -0.495 e. The van der Waals surface area contributed by atoms with Crippen molar-refractivity contribution in [3.05, 3.63) is 17.2 Å². The lowest BCUT2D eigenvalue weighted by Crippen LogP contribution is -2.31. The van der Waals surface area contributed by atoms with Crippen molar-refractivity contribution in [3.8, 4) is 11.5 Å². The van der Waals surface area contributed by atoms with Crippen molar-refractivity contribution >= 4 is 23.2 Å². The Balaban J connectivity index is 2.24. The molecule has 0 radical (unpaired) electrons. The van der Waals surface area contributed by atoms with Gasteiger partial charge in [0.15, 0.2) is 0 Å². The Labute approximate surface area is 117 Å². The predicted molar refractivity (Wildman–Crippen MR) is 73.9 cm³/mol. The van der Waals surface area contributed by atoms with E-state index in [1.807, 2.05) is 0 Å². The summed E-state index contributed by atoms with van der Waals surface area (Å²) in [6.07, 6.45) is 1.64. The summed E-state index contributed by atoms with van der Waals surface area (Å²) in [6, 6.07) is 3.25. The summed E-state index contributed by atoms with van der Waals surface area (Å²) in [5, 5.41) is 3.24. The number of amides is 1. The van der Waals surface area contributed by atoms with Gasteiger partial charge in [-0.25, -0.2) is 0 Å². The molecule has 0 atom stereocenters. The molecule has 0 saturated heterocycles. The summed E-state index contributed by atoms with van der Waals surface area (Å²) < 4.78 is 10.3. The van der Waals surface area contributed by atoms with Gasteiger partial charge in [0.2, 0.25) is 5.91 Å². The number of carbonyl (C=O) groups is 1. The zero-order valence-corrected chi connectivity index (χ0v) is 11.7. The number of ether oxygens (including phenoxy) is 2. The van der Waals surface area contributed by atoms with Crippen LogP contribution in [0.15, 0.2) is 12.1 Å². The van der Waals surface area contributed by atoms with Gasteiger partial charge in [-0.15, -0.1) is 0 Å². The number of benzene rings is 1. The number of methoxy groups -OCH3 is 2. The van der Waals surface area contributed by atoms with Crippen LogP contribution in [0.3, 0.4) is 0 Å². The molecule has 0 aliphatic heterocycles. The predicted octanol–water partition coefficient (Wildman–Crippen LogP) is 2.03. The minimum atomic E-state index is -0.419. The number of nitrogens with one attached hydrogen (secondary N) is 1. The first-order chi connectivity index (χ1) is 9.06. The largest absolute Gasteiger partial charge is 0.495 e. The molecular weight excluding hydrogens is 268 g/mol. The molecule has 0 aromatic heterocycles. The molecule has 1 aliphatic carbocycles. The lowest BCUT2D eigenvalue weighted by molar-refractivity contribution is -0.120. The van der Waals surface area contributed by atoms with Gasteiger partial charge in [0.25, 0.3) is 0 Å². The molecule has 3 N–H and O–H groups in total. The van der Waals surface area contributed by atoms with E-state index in [0.29, 0.717) is 28.8 Å². The van der Waals surface area contributed by atoms with Gasteiger partial charge in [0.1, 0.15) is 11.5 Å². The number of carbonyl (C=O) groups excluding carboxylic acids is 1. The molecular formula is C13H17ClN2O3. The molecule has 1 amide bonds. The van der Waals surface area contributed by atoms with Gasteiger partial charge in [-0.2, -0.15) is 0 Å². The van der Waals surface area contributed by atoms with E-state index in [0.717, 1.165) is 12.8 Å². The standard InChI is InChI=1S/C13H17ClN2O3/c1-18-10-6-11(19-2)9(5-8(10)14)16-12(17)13(7-15)3-4-13/h5-6H,3-4,7,15H2,1-2H3,(H,16,17). The van der Waals surface area contributed by atoms with Gasteiger partial charge in [0.05, 0.1) is 30.3 Å². The fourth-order valence-electron chi connectivity index (χ4n) is 1.89. The average Bonchev–Trinajstić information content (AvgIpc) is 3.20. The lowest BCUT2D eigenvalue weighted by atomic mass is 10.1. The molecule has 0 heterocycles. The second-order valence-electron chi connectivity index (χ2n) is 4.63. The average molecular weight is 285 g/mol. The third-order valence-electron chi connectivity index (χ3n) is 3.45. The highest BCUT2D eigenvalue weighted by Gasteiger charge is 2.48. The topological polar surface area (TPSA) is 73.6 Å². The highest BCUT2D eigenvalue weighted by atomic mass is 35.5. The molecule has 0 spiro atoms. The fourth-order valence-corrected chi connectivity index (χ4v) is 2.13. The number of anilines is 1. The van der Waals surface area contributed by atoms with E-state index in [-0.39, 0.29) is 5.91 Å². The van der Waals surface area contributed by atoms with Gasteiger partial charge in [-0.3, -0.25) is 4.79 Å². The first kappa shape index (κ1) is 14.0. The van der Waals surface area contributed by atoms with Crippen LogP contribution in [0.1, 0.15) is 12.8 Å². The van der Waals surface area contributed by atoms with Crippen LogP contribution in [0.25, 0.3) is 0 Å². The van der Waals surface area contributed by atoms with Crippen LogP contribution in [0.4, 0.5) is 5.69 Å². The van der Waals surface area contributed by atoms with Gasteiger partial charge in [-0.05, 0) is 18.9 Å². The van der Waals surface area contributed by atoms with Crippen molar-refractivity contribution in [3.63, 3.8) is 0 Å². The maximum Gasteiger partial charge on any atom is 0.231 e. The lowest BCUT2D eigenvalue weighted by Gasteiger charge is -2.16. The third kappa shape index (κ3) is 2.62. The fraction of sp³-hybridized carbons (Fsp3) is 0.462. The second-order valence-corrected chi connectivity index (χ2v) is 5.03. The Morgan fingerprint density at radius 3 is 2.47 bits per heavy atom. The van der Waals surface area contributed by atoms with Gasteiger partial charge >= 0.3 is 0 Å². The van der Waals surface area contributed by atoms with E-state index in [9.17, 15) is 4.79 Å². The monoisotopic (exact) mass is 284 g/mol. The number of nitrogens with two attached hydrogens (primary N) is 1. The number of rotatable bonds is 5. The summed E-state index contributed by atoms with van der Waals surface area (Å²) >= 11 is 6.05. The van der Waals surface area contributed by atoms with E-state index in [2.05, 4.69) is 5.32 Å². The maximum atomic E-state index is 12.1. The van der Waals surface area contributed by atoms with Crippen molar-refractivity contribution in [2.45, 2.75) is 12.8 Å². The summed E-state index contributed by atoms with van der Waals surface area (Å²) in [6.45, 7) is 0.352. The Hall–Kier alpha value is -1.46. The Kier molecular flexibility index (Phi) is 3.87. The zero-order valence-electron chi connectivity index (χ0n) is 11.0. The molecule has 1 aliphatic rings. The normalized spacial score (nSPS) is 15.8. The van der Waals surface area contributed by atoms with Crippen LogP contribution in [-0.4, -0.2) is 26.7 Å². The number of hydrogen-bond acceptors (Lipinski definition) is 4. The van der Waals surface area contributed by atoms with E-state index >= 15 is 0 Å². The first-order valence-electron chi connectivity index (χ1n) is 5.99. The summed E-state index contributed by atoms with van der Waals surface area (Å²) in [4.78, 5) is 12.1. The van der Waals surface area contributed by atoms with Crippen LogP contribution >= 0.6 is 11.6 Å². The molecule has 6 heteroatoms. The van der Waals surface area contributed by atoms with E-state index in [1.165, 1.54) is 14.2 Å². The van der Waals surface area contributed by atoms with Gasteiger partial charge < -0.3 is 20.5 Å². The molecule has 1 aromatic carbocycles. The van der Waals surface area contributed by atoms with Crippen molar-refractivity contribution < 1.29 is 14.3 Å². The van der Waals surface area contributed by atoms with Crippen LogP contribution in [0, 0.1) is 5.41 Å². The molecule has 2 rings (SSSR count). The second kappa shape index (κ2) is 5.27. The Bertz CT molecular complexity index is 501. The van der Waals surface area contributed by atoms with Crippen LogP contribution in [-0.2, 0) is 4.79 Å². The smallest absolute Gasteiger partial charge is 0.231 e. The van der Waals surface area contributed by atoms with Crippen LogP contribution in [0.2, 0.25) is 5.02 Å². The first-order valence-corrected chi connectivity index (χ1v) is 6.37. The Morgan fingerprint density at radius 2 is 2.00 bits per heavy atom. The van der Waals surface area contributed by atoms with E-state index in [1.54, 1.807) is 12.1 Å². The molecule has 1 aromatic rings. The number of halogens is 1. The van der Waals surface area contributed by atoms with Crippen molar-refractivity contribution in [2.75, 3.05) is 26.1 Å². The van der Waals surface area contributed by atoms with Crippen molar-refractivity contribution in [1.82, 2.24) is 0 Å². The zero-order chi connectivity index (χ0) is 14.0. The highest BCUT2D eigenvalue weighted by molar-refractivity contribution is 6.32.